The third-order valence-corrected chi connectivity index (χ3v) is 5.19. The number of hydrogen-bond donors (Lipinski definition) is 0. The van der Waals surface area contributed by atoms with Crippen LogP contribution in [0.15, 0.2) is 85.5 Å². The normalized spacial score (nSPS) is 16.5. The second-order valence-corrected chi connectivity index (χ2v) is 6.77. The minimum absolute atomic E-state index is 0.0989. The maximum Gasteiger partial charge on any atom is 0.00880 e. The fourth-order valence-corrected chi connectivity index (χ4v) is 3.66. The molecule has 1 aromatic rings. The quantitative estimate of drug-likeness (QED) is 0.257. The summed E-state index contributed by atoms with van der Waals surface area (Å²) < 4.78 is 0. The van der Waals surface area contributed by atoms with E-state index in [1.807, 2.05) is 19.9 Å². The van der Waals surface area contributed by atoms with Crippen molar-refractivity contribution in [3.8, 4) is 0 Å². The van der Waals surface area contributed by atoms with E-state index < -0.39 is 0 Å². The van der Waals surface area contributed by atoms with E-state index in [-0.39, 0.29) is 5.41 Å². The van der Waals surface area contributed by atoms with Crippen molar-refractivity contribution in [1.29, 1.82) is 0 Å². The highest BCUT2D eigenvalue weighted by Crippen LogP contribution is 2.48. The van der Waals surface area contributed by atoms with Crippen LogP contribution in [0.5, 0.6) is 0 Å². The van der Waals surface area contributed by atoms with E-state index in [9.17, 15) is 0 Å². The Morgan fingerprint density at radius 3 is 2.27 bits per heavy atom. The lowest BCUT2D eigenvalue weighted by Gasteiger charge is -2.35. The Bertz CT molecular complexity index is 629. The zero-order valence-electron chi connectivity index (χ0n) is 17.2. The Hall–Kier alpha value is -2.08. The molecule has 1 atom stereocenters. The van der Waals surface area contributed by atoms with Gasteiger partial charge in [-0.1, -0.05) is 94.1 Å². The summed E-state index contributed by atoms with van der Waals surface area (Å²) in [4.78, 5) is 0. The van der Waals surface area contributed by atoms with Crippen LogP contribution in [0.1, 0.15) is 51.7 Å². The van der Waals surface area contributed by atoms with E-state index >= 15 is 0 Å². The molecule has 0 saturated carbocycles. The molecule has 2 rings (SSSR count). The molecule has 1 aliphatic rings. The van der Waals surface area contributed by atoms with Crippen molar-refractivity contribution < 1.29 is 0 Å². The lowest BCUT2D eigenvalue weighted by Crippen LogP contribution is -2.30. The van der Waals surface area contributed by atoms with E-state index in [1.54, 1.807) is 0 Å². The van der Waals surface area contributed by atoms with Crippen molar-refractivity contribution in [3.63, 3.8) is 0 Å². The first-order chi connectivity index (χ1) is 12.6. The van der Waals surface area contributed by atoms with Crippen molar-refractivity contribution in [2.75, 3.05) is 0 Å². The molecule has 0 bridgehead atoms. The van der Waals surface area contributed by atoms with Gasteiger partial charge in [0.2, 0.25) is 0 Å². The maximum atomic E-state index is 4.42. The predicted octanol–water partition coefficient (Wildman–Crippen LogP) is 7.64. The smallest absolute Gasteiger partial charge is 0.00880 e. The first-order valence-corrected chi connectivity index (χ1v) is 9.97. The molecule has 0 amide bonds. The zero-order valence-corrected chi connectivity index (χ0v) is 17.2. The van der Waals surface area contributed by atoms with Gasteiger partial charge in [-0.15, -0.1) is 6.58 Å². The average Bonchev–Trinajstić information content (AvgIpc) is 3.07. The summed E-state index contributed by atoms with van der Waals surface area (Å²) in [5, 5.41) is 0. The number of unbranched alkanes of at least 4 members (excludes halogenated alkanes) is 1. The van der Waals surface area contributed by atoms with Crippen molar-refractivity contribution in [1.82, 2.24) is 0 Å². The standard InChI is InChI=1S/C24H30.C2H6/c1-5-7-8-9-10-11-15-21(4)24(20(3)14-6-2)18-22-16-12-13-17-23(22)19-24;1-2/h5-6,9-17,21H,1,3,7-8,18-19H2,2,4H3;1-2H3/b10-9-,14-6-,15-11-;. The molecule has 0 aromatic heterocycles. The lowest BCUT2D eigenvalue weighted by atomic mass is 9.68. The molecule has 0 heterocycles. The number of rotatable bonds is 8. The summed E-state index contributed by atoms with van der Waals surface area (Å²) in [6.45, 7) is 16.6. The minimum atomic E-state index is 0.0989. The molecule has 1 unspecified atom stereocenters. The monoisotopic (exact) mass is 348 g/mol. The molecule has 1 aromatic carbocycles. The van der Waals surface area contributed by atoms with E-state index in [4.69, 9.17) is 0 Å². The summed E-state index contributed by atoms with van der Waals surface area (Å²) in [6, 6.07) is 8.84. The third-order valence-electron chi connectivity index (χ3n) is 5.19. The summed E-state index contributed by atoms with van der Waals surface area (Å²) in [7, 11) is 0. The van der Waals surface area contributed by atoms with Crippen molar-refractivity contribution in [2.24, 2.45) is 11.3 Å². The molecule has 0 N–H and O–H groups in total. The van der Waals surface area contributed by atoms with Gasteiger partial charge in [-0.2, -0.15) is 0 Å². The SMILES string of the molecule is C=CCC/C=C\C=C/C(C)C1(C(=C)/C=C\C)Cc2ccccc2C1.CC. The van der Waals surface area contributed by atoms with Crippen LogP contribution in [0.25, 0.3) is 0 Å². The van der Waals surface area contributed by atoms with Gasteiger partial charge >= 0.3 is 0 Å². The highest BCUT2D eigenvalue weighted by molar-refractivity contribution is 5.42. The van der Waals surface area contributed by atoms with Gasteiger partial charge < -0.3 is 0 Å². The molecule has 0 saturated heterocycles. The van der Waals surface area contributed by atoms with Crippen LogP contribution >= 0.6 is 0 Å². The maximum absolute atomic E-state index is 4.42. The van der Waals surface area contributed by atoms with Crippen LogP contribution in [-0.4, -0.2) is 0 Å². The molecule has 0 radical (unpaired) electrons. The molecular weight excluding hydrogens is 312 g/mol. The third kappa shape index (κ3) is 5.46. The van der Waals surface area contributed by atoms with Crippen molar-refractivity contribution in [2.45, 2.75) is 53.4 Å². The highest BCUT2D eigenvalue weighted by Gasteiger charge is 2.41. The molecule has 26 heavy (non-hydrogen) atoms. The Morgan fingerprint density at radius 2 is 1.73 bits per heavy atom. The number of allylic oxidation sites excluding steroid dienone is 8. The number of hydrogen-bond acceptors (Lipinski definition) is 0. The van der Waals surface area contributed by atoms with Crippen molar-refractivity contribution in [3.05, 3.63) is 96.7 Å². The van der Waals surface area contributed by atoms with Gasteiger partial charge in [-0.25, -0.2) is 0 Å². The Labute approximate surface area is 161 Å². The molecule has 0 heteroatoms. The largest absolute Gasteiger partial charge is 0.103 e. The second-order valence-electron chi connectivity index (χ2n) is 6.77. The number of fused-ring (bicyclic) bond motifs is 1. The van der Waals surface area contributed by atoms with Gasteiger partial charge in [0.1, 0.15) is 0 Å². The van der Waals surface area contributed by atoms with Gasteiger partial charge in [-0.05, 0) is 55.2 Å². The fourth-order valence-electron chi connectivity index (χ4n) is 3.66. The van der Waals surface area contributed by atoms with E-state index in [2.05, 4.69) is 87.7 Å². The van der Waals surface area contributed by atoms with Gasteiger partial charge in [0.25, 0.3) is 0 Å². The first-order valence-electron chi connectivity index (χ1n) is 9.97. The van der Waals surface area contributed by atoms with Gasteiger partial charge in [-0.3, -0.25) is 0 Å². The Balaban J connectivity index is 0.00000163. The molecular formula is C26H36. The molecule has 140 valence electrons. The van der Waals surface area contributed by atoms with Gasteiger partial charge in [0, 0.05) is 5.41 Å². The highest BCUT2D eigenvalue weighted by atomic mass is 14.4. The molecule has 1 aliphatic carbocycles. The number of benzene rings is 1. The van der Waals surface area contributed by atoms with Crippen LogP contribution in [0.4, 0.5) is 0 Å². The van der Waals surface area contributed by atoms with Crippen LogP contribution in [0, 0.1) is 11.3 Å². The van der Waals surface area contributed by atoms with Crippen molar-refractivity contribution >= 4 is 0 Å². The topological polar surface area (TPSA) is 0 Å². The summed E-state index contributed by atoms with van der Waals surface area (Å²) >= 11 is 0. The average molecular weight is 349 g/mol. The van der Waals surface area contributed by atoms with Crippen LogP contribution in [0.2, 0.25) is 0 Å². The fraction of sp³-hybridized carbons (Fsp3) is 0.385. The van der Waals surface area contributed by atoms with E-state index in [1.165, 1.54) is 16.7 Å². The summed E-state index contributed by atoms with van der Waals surface area (Å²) in [5.41, 5.74) is 4.30. The summed E-state index contributed by atoms with van der Waals surface area (Å²) in [6.07, 6.45) is 19.4. The lowest BCUT2D eigenvalue weighted by molar-refractivity contribution is 0.296. The van der Waals surface area contributed by atoms with E-state index in [0.717, 1.165) is 25.7 Å². The first kappa shape index (κ1) is 22.0. The van der Waals surface area contributed by atoms with Crippen LogP contribution < -0.4 is 0 Å². The zero-order chi connectivity index (χ0) is 19.4. The minimum Gasteiger partial charge on any atom is -0.103 e. The molecule has 0 fully saturated rings. The Morgan fingerprint density at radius 1 is 1.12 bits per heavy atom. The molecule has 0 nitrogen and oxygen atoms in total. The molecule has 0 spiro atoms. The van der Waals surface area contributed by atoms with Gasteiger partial charge in [0.15, 0.2) is 0 Å². The Kier molecular flexibility index (Phi) is 9.73. The second kappa shape index (κ2) is 11.5. The van der Waals surface area contributed by atoms with E-state index in [0.29, 0.717) is 5.92 Å². The van der Waals surface area contributed by atoms with Crippen LogP contribution in [-0.2, 0) is 12.8 Å². The summed E-state index contributed by atoms with van der Waals surface area (Å²) in [5.74, 6) is 0.442. The predicted molar refractivity (Wildman–Crippen MR) is 118 cm³/mol. The van der Waals surface area contributed by atoms with Crippen LogP contribution in [0.3, 0.4) is 0 Å². The molecule has 0 aliphatic heterocycles. The van der Waals surface area contributed by atoms with Gasteiger partial charge in [0.05, 0.1) is 0 Å².